The summed E-state index contributed by atoms with van der Waals surface area (Å²) in [7, 11) is 0. The molecule has 0 spiro atoms. The molecule has 0 saturated heterocycles. The maximum absolute atomic E-state index is 12.2. The third-order valence-corrected chi connectivity index (χ3v) is 3.07. The fourth-order valence-corrected chi connectivity index (χ4v) is 2.10. The predicted octanol–water partition coefficient (Wildman–Crippen LogP) is 1.05. The molecule has 1 aromatic heterocycles. The molecule has 0 aliphatic carbocycles. The van der Waals surface area contributed by atoms with Gasteiger partial charge in [0.15, 0.2) is 0 Å². The number of hydrogen-bond acceptors (Lipinski definition) is 5. The van der Waals surface area contributed by atoms with E-state index in [1.54, 1.807) is 6.07 Å². The summed E-state index contributed by atoms with van der Waals surface area (Å²) in [5, 5.41) is 9.47. The molecule has 1 aliphatic rings. The van der Waals surface area contributed by atoms with Crippen molar-refractivity contribution in [3.63, 3.8) is 0 Å². The van der Waals surface area contributed by atoms with Gasteiger partial charge in [0.05, 0.1) is 6.42 Å². The molecule has 1 aromatic carbocycles. The van der Waals surface area contributed by atoms with Crippen molar-refractivity contribution in [3.8, 4) is 0 Å². The number of carbonyl (C=O) groups is 2. The van der Waals surface area contributed by atoms with Crippen molar-refractivity contribution in [2.75, 3.05) is 10.6 Å². The van der Waals surface area contributed by atoms with Gasteiger partial charge in [0.2, 0.25) is 11.9 Å². The number of aryl methyl sites for hydroxylation is 1. The molecule has 1 amide bonds. The van der Waals surface area contributed by atoms with E-state index in [9.17, 15) is 9.59 Å². The van der Waals surface area contributed by atoms with Crippen molar-refractivity contribution in [3.05, 3.63) is 36.2 Å². The smallest absolute Gasteiger partial charge is 0.252 e. The minimum atomic E-state index is -0.639. The lowest BCUT2D eigenvalue weighted by molar-refractivity contribution is -0.117. The summed E-state index contributed by atoms with van der Waals surface area (Å²) < 4.78 is 1.16. The molecular formula is C13H13N5O2. The van der Waals surface area contributed by atoms with Crippen LogP contribution < -0.4 is 10.6 Å². The normalized spacial score (nSPS) is 17.2. The summed E-state index contributed by atoms with van der Waals surface area (Å²) in [6, 6.07) is 6.84. The average Bonchev–Trinajstić information content (AvgIpc) is 2.87. The van der Waals surface area contributed by atoms with E-state index in [0.717, 1.165) is 10.2 Å². The van der Waals surface area contributed by atoms with Gasteiger partial charge in [-0.3, -0.25) is 9.59 Å². The molecule has 0 radical (unpaired) electrons. The van der Waals surface area contributed by atoms with Crippen molar-refractivity contribution in [2.45, 2.75) is 19.4 Å². The summed E-state index contributed by atoms with van der Waals surface area (Å²) in [6.45, 7) is 1.94. The third-order valence-electron chi connectivity index (χ3n) is 3.07. The SMILES string of the molecule is Cc1cccc(NC(=O)[C@H]2CC(=O)n3ncnc3N2)c1. The lowest BCUT2D eigenvalue weighted by atomic mass is 10.1. The predicted molar refractivity (Wildman–Crippen MR) is 72.5 cm³/mol. The van der Waals surface area contributed by atoms with Crippen LogP contribution in [0.3, 0.4) is 0 Å². The quantitative estimate of drug-likeness (QED) is 0.852. The van der Waals surface area contributed by atoms with Gasteiger partial charge in [0.1, 0.15) is 12.4 Å². The molecule has 0 unspecified atom stereocenters. The number of carbonyl (C=O) groups excluding carboxylic acids is 2. The average molecular weight is 271 g/mol. The Balaban J connectivity index is 1.74. The van der Waals surface area contributed by atoms with Gasteiger partial charge in [-0.15, -0.1) is 0 Å². The molecule has 20 heavy (non-hydrogen) atoms. The van der Waals surface area contributed by atoms with Crippen LogP contribution in [0.4, 0.5) is 11.6 Å². The standard InChI is InChI=1S/C13H13N5O2/c1-8-3-2-4-9(5-8)16-12(20)10-6-11(19)18-13(17-10)14-7-15-18/h2-5,7,10H,6H2,1H3,(H,16,20)(H,14,15,17)/t10-/m1/s1. The Labute approximate surface area is 115 Å². The van der Waals surface area contributed by atoms with Gasteiger partial charge in [-0.1, -0.05) is 12.1 Å². The molecule has 7 heteroatoms. The molecule has 102 valence electrons. The number of hydrogen-bond donors (Lipinski definition) is 2. The van der Waals surface area contributed by atoms with Crippen LogP contribution in [0.15, 0.2) is 30.6 Å². The number of aromatic nitrogens is 3. The zero-order valence-electron chi connectivity index (χ0n) is 10.8. The zero-order chi connectivity index (χ0) is 14.1. The van der Waals surface area contributed by atoms with Crippen LogP contribution in [0.2, 0.25) is 0 Å². The van der Waals surface area contributed by atoms with Gasteiger partial charge in [-0.05, 0) is 24.6 Å². The summed E-state index contributed by atoms with van der Waals surface area (Å²) in [5.41, 5.74) is 1.76. The monoisotopic (exact) mass is 271 g/mol. The molecule has 7 nitrogen and oxygen atoms in total. The molecule has 1 aliphatic heterocycles. The van der Waals surface area contributed by atoms with Gasteiger partial charge in [-0.25, -0.2) is 0 Å². The topological polar surface area (TPSA) is 88.9 Å². The third kappa shape index (κ3) is 2.25. The summed E-state index contributed by atoms with van der Waals surface area (Å²) in [6.07, 6.45) is 1.33. The van der Waals surface area contributed by atoms with Crippen molar-refractivity contribution >= 4 is 23.5 Å². The Morgan fingerprint density at radius 2 is 2.35 bits per heavy atom. The number of amides is 1. The van der Waals surface area contributed by atoms with Crippen LogP contribution in [-0.4, -0.2) is 32.6 Å². The first kappa shape index (κ1) is 12.3. The Morgan fingerprint density at radius 1 is 1.50 bits per heavy atom. The largest absolute Gasteiger partial charge is 0.342 e. The van der Waals surface area contributed by atoms with Crippen LogP contribution in [0, 0.1) is 6.92 Å². The highest BCUT2D eigenvalue weighted by atomic mass is 16.2. The molecule has 2 aromatic rings. The second-order valence-corrected chi connectivity index (χ2v) is 4.65. The van der Waals surface area contributed by atoms with Crippen molar-refractivity contribution in [1.82, 2.24) is 14.8 Å². The van der Waals surface area contributed by atoms with E-state index < -0.39 is 6.04 Å². The first-order valence-electron chi connectivity index (χ1n) is 6.21. The first-order valence-corrected chi connectivity index (χ1v) is 6.21. The van der Waals surface area contributed by atoms with E-state index in [1.165, 1.54) is 6.33 Å². The molecular weight excluding hydrogens is 258 g/mol. The lowest BCUT2D eigenvalue weighted by Gasteiger charge is -2.22. The number of anilines is 2. The van der Waals surface area contributed by atoms with E-state index in [-0.39, 0.29) is 18.2 Å². The molecule has 0 bridgehead atoms. The second kappa shape index (κ2) is 4.76. The van der Waals surface area contributed by atoms with Gasteiger partial charge in [0, 0.05) is 5.69 Å². The van der Waals surface area contributed by atoms with E-state index in [4.69, 9.17) is 0 Å². The highest BCUT2D eigenvalue weighted by Gasteiger charge is 2.30. The Bertz CT molecular complexity index is 679. The van der Waals surface area contributed by atoms with E-state index in [0.29, 0.717) is 11.6 Å². The highest BCUT2D eigenvalue weighted by molar-refractivity contribution is 6.01. The minimum absolute atomic E-state index is 0.0496. The zero-order valence-corrected chi connectivity index (χ0v) is 10.8. The van der Waals surface area contributed by atoms with E-state index in [1.807, 2.05) is 25.1 Å². The number of nitrogens with one attached hydrogen (secondary N) is 2. The molecule has 1 atom stereocenters. The van der Waals surface area contributed by atoms with Gasteiger partial charge in [-0.2, -0.15) is 14.8 Å². The Hall–Kier alpha value is -2.70. The van der Waals surface area contributed by atoms with Crippen LogP contribution in [0.25, 0.3) is 0 Å². The van der Waals surface area contributed by atoms with E-state index in [2.05, 4.69) is 20.7 Å². The number of benzene rings is 1. The highest BCUT2D eigenvalue weighted by Crippen LogP contribution is 2.16. The maximum Gasteiger partial charge on any atom is 0.252 e. The van der Waals surface area contributed by atoms with Crippen molar-refractivity contribution in [1.29, 1.82) is 0 Å². The molecule has 2 N–H and O–H groups in total. The summed E-state index contributed by atoms with van der Waals surface area (Å²) >= 11 is 0. The van der Waals surface area contributed by atoms with Gasteiger partial charge in [0.25, 0.3) is 5.91 Å². The van der Waals surface area contributed by atoms with Crippen LogP contribution in [0.5, 0.6) is 0 Å². The molecule has 3 rings (SSSR count). The fourth-order valence-electron chi connectivity index (χ4n) is 2.10. The van der Waals surface area contributed by atoms with Crippen molar-refractivity contribution in [2.24, 2.45) is 0 Å². The maximum atomic E-state index is 12.2. The number of fused-ring (bicyclic) bond motifs is 1. The Kier molecular flexibility index (Phi) is 2.94. The van der Waals surface area contributed by atoms with Crippen molar-refractivity contribution < 1.29 is 9.59 Å². The first-order chi connectivity index (χ1) is 9.63. The van der Waals surface area contributed by atoms with Gasteiger partial charge < -0.3 is 10.6 Å². The van der Waals surface area contributed by atoms with Crippen LogP contribution in [0.1, 0.15) is 16.8 Å². The fraction of sp³-hybridized carbons (Fsp3) is 0.231. The lowest BCUT2D eigenvalue weighted by Crippen LogP contribution is -2.42. The summed E-state index contributed by atoms with van der Waals surface area (Å²) in [5.74, 6) is -0.218. The van der Waals surface area contributed by atoms with Gasteiger partial charge >= 0.3 is 0 Å². The minimum Gasteiger partial charge on any atom is -0.342 e. The molecule has 2 heterocycles. The van der Waals surface area contributed by atoms with Crippen LogP contribution >= 0.6 is 0 Å². The number of nitrogens with zero attached hydrogens (tertiary/aromatic N) is 3. The molecule has 0 saturated carbocycles. The van der Waals surface area contributed by atoms with E-state index >= 15 is 0 Å². The number of rotatable bonds is 2. The molecule has 0 fully saturated rings. The van der Waals surface area contributed by atoms with Crippen LogP contribution in [-0.2, 0) is 4.79 Å². The summed E-state index contributed by atoms with van der Waals surface area (Å²) in [4.78, 5) is 27.9. The second-order valence-electron chi connectivity index (χ2n) is 4.65. The Morgan fingerprint density at radius 3 is 3.15 bits per heavy atom.